The predicted molar refractivity (Wildman–Crippen MR) is 78.5 cm³/mol. The van der Waals surface area contributed by atoms with Gasteiger partial charge in [-0.05, 0) is 31.9 Å². The minimum Gasteiger partial charge on any atom is -0.482 e. The zero-order valence-corrected chi connectivity index (χ0v) is 12.7. The molecule has 0 unspecified atom stereocenters. The Kier molecular flexibility index (Phi) is 5.52. The molecule has 0 spiro atoms. The normalized spacial score (nSPS) is 19.6. The number of carbonyl (C=O) groups is 1. The van der Waals surface area contributed by atoms with E-state index in [1.807, 2.05) is 6.92 Å². The quantitative estimate of drug-likeness (QED) is 0.908. The van der Waals surface area contributed by atoms with Gasteiger partial charge in [0.25, 0.3) is 5.91 Å². The van der Waals surface area contributed by atoms with E-state index in [9.17, 15) is 4.79 Å². The molecule has 1 amide bonds. The molecule has 1 aliphatic heterocycles. The van der Waals surface area contributed by atoms with Crippen LogP contribution in [0.15, 0.2) is 18.2 Å². The van der Waals surface area contributed by atoms with Gasteiger partial charge in [0.1, 0.15) is 10.8 Å². The maximum absolute atomic E-state index is 11.8. The minimum absolute atomic E-state index is 0.0246. The molecule has 1 fully saturated rings. The fourth-order valence-electron chi connectivity index (χ4n) is 2.12. The number of amides is 1. The summed E-state index contributed by atoms with van der Waals surface area (Å²) in [6.07, 6.45) is 2.11. The van der Waals surface area contributed by atoms with Crippen molar-refractivity contribution in [2.75, 3.05) is 13.2 Å². The van der Waals surface area contributed by atoms with Crippen LogP contribution in [0.2, 0.25) is 10.0 Å². The summed E-state index contributed by atoms with van der Waals surface area (Å²) in [5.41, 5.74) is 0. The molecule has 0 aromatic heterocycles. The molecule has 1 heterocycles. The SMILES string of the molecule is C[C@H](NC(=O)COc1cccc(Cl)c1Cl)[C@@H]1CCCO1. The molecule has 20 heavy (non-hydrogen) atoms. The van der Waals surface area contributed by atoms with E-state index in [1.165, 1.54) is 0 Å². The number of hydrogen-bond acceptors (Lipinski definition) is 3. The van der Waals surface area contributed by atoms with Gasteiger partial charge in [-0.1, -0.05) is 29.3 Å². The van der Waals surface area contributed by atoms with Crippen molar-refractivity contribution in [3.8, 4) is 5.75 Å². The molecule has 4 nitrogen and oxygen atoms in total. The van der Waals surface area contributed by atoms with E-state index in [4.69, 9.17) is 32.7 Å². The van der Waals surface area contributed by atoms with Crippen LogP contribution in [0.5, 0.6) is 5.75 Å². The van der Waals surface area contributed by atoms with Crippen LogP contribution in [0.3, 0.4) is 0 Å². The lowest BCUT2D eigenvalue weighted by Gasteiger charge is -2.20. The van der Waals surface area contributed by atoms with Gasteiger partial charge >= 0.3 is 0 Å². The van der Waals surface area contributed by atoms with Gasteiger partial charge in [-0.25, -0.2) is 0 Å². The van der Waals surface area contributed by atoms with Crippen LogP contribution in [-0.4, -0.2) is 31.3 Å². The highest BCUT2D eigenvalue weighted by Gasteiger charge is 2.23. The molecule has 2 rings (SSSR count). The third-order valence-electron chi connectivity index (χ3n) is 3.19. The van der Waals surface area contributed by atoms with Crippen LogP contribution in [0.25, 0.3) is 0 Å². The Balaban J connectivity index is 1.81. The number of rotatable bonds is 5. The summed E-state index contributed by atoms with van der Waals surface area (Å²) in [4.78, 5) is 11.8. The Hall–Kier alpha value is -0.970. The number of ether oxygens (including phenoxy) is 2. The number of nitrogens with one attached hydrogen (secondary N) is 1. The number of benzene rings is 1. The van der Waals surface area contributed by atoms with Crippen molar-refractivity contribution >= 4 is 29.1 Å². The monoisotopic (exact) mass is 317 g/mol. The van der Waals surface area contributed by atoms with E-state index >= 15 is 0 Å². The van der Waals surface area contributed by atoms with Crippen molar-refractivity contribution in [2.24, 2.45) is 0 Å². The lowest BCUT2D eigenvalue weighted by Crippen LogP contribution is -2.42. The molecule has 2 atom stereocenters. The van der Waals surface area contributed by atoms with E-state index in [-0.39, 0.29) is 24.7 Å². The highest BCUT2D eigenvalue weighted by molar-refractivity contribution is 6.42. The van der Waals surface area contributed by atoms with E-state index < -0.39 is 0 Å². The second kappa shape index (κ2) is 7.16. The largest absolute Gasteiger partial charge is 0.482 e. The number of carbonyl (C=O) groups excluding carboxylic acids is 1. The smallest absolute Gasteiger partial charge is 0.258 e. The Labute approximate surface area is 128 Å². The molecule has 6 heteroatoms. The fourth-order valence-corrected chi connectivity index (χ4v) is 2.47. The molecule has 0 aliphatic carbocycles. The first-order valence-corrected chi connectivity index (χ1v) is 7.31. The first kappa shape index (κ1) is 15.4. The van der Waals surface area contributed by atoms with Crippen LogP contribution in [0.1, 0.15) is 19.8 Å². The molecular formula is C14H17Cl2NO3. The van der Waals surface area contributed by atoms with Crippen molar-refractivity contribution in [3.63, 3.8) is 0 Å². The first-order valence-electron chi connectivity index (χ1n) is 6.55. The molecule has 1 aliphatic rings. The maximum Gasteiger partial charge on any atom is 0.258 e. The Morgan fingerprint density at radius 3 is 3.05 bits per heavy atom. The standard InChI is InChI=1S/C14H17Cl2NO3/c1-9(11-6-3-7-19-11)17-13(18)8-20-12-5-2-4-10(15)14(12)16/h2,4-5,9,11H,3,6-8H2,1H3,(H,17,18)/t9-,11-/m0/s1. The minimum atomic E-state index is -0.205. The van der Waals surface area contributed by atoms with Crippen LogP contribution >= 0.6 is 23.2 Å². The zero-order valence-electron chi connectivity index (χ0n) is 11.2. The molecule has 1 saturated heterocycles. The molecule has 0 radical (unpaired) electrons. The summed E-state index contributed by atoms with van der Waals surface area (Å²) < 4.78 is 10.9. The number of hydrogen-bond donors (Lipinski definition) is 1. The van der Waals surface area contributed by atoms with E-state index in [2.05, 4.69) is 5.32 Å². The summed E-state index contributed by atoms with van der Waals surface area (Å²) in [6.45, 7) is 2.59. The van der Waals surface area contributed by atoms with Crippen LogP contribution in [-0.2, 0) is 9.53 Å². The highest BCUT2D eigenvalue weighted by atomic mass is 35.5. The summed E-state index contributed by atoms with van der Waals surface area (Å²) >= 11 is 11.8. The van der Waals surface area contributed by atoms with Crippen LogP contribution < -0.4 is 10.1 Å². The predicted octanol–water partition coefficient (Wildman–Crippen LogP) is 3.06. The van der Waals surface area contributed by atoms with Crippen molar-refractivity contribution < 1.29 is 14.3 Å². The first-order chi connectivity index (χ1) is 9.58. The van der Waals surface area contributed by atoms with Gasteiger partial charge in [-0.15, -0.1) is 0 Å². The van der Waals surface area contributed by atoms with Crippen molar-refractivity contribution in [2.45, 2.75) is 31.9 Å². The summed E-state index contributed by atoms with van der Waals surface area (Å²) in [7, 11) is 0. The molecule has 0 bridgehead atoms. The Morgan fingerprint density at radius 1 is 1.55 bits per heavy atom. The molecule has 0 saturated carbocycles. The Bertz CT molecular complexity index is 475. The highest BCUT2D eigenvalue weighted by Crippen LogP contribution is 2.31. The number of halogens is 2. The van der Waals surface area contributed by atoms with Gasteiger partial charge in [-0.2, -0.15) is 0 Å². The summed E-state index contributed by atoms with van der Waals surface area (Å²) in [6, 6.07) is 5.03. The van der Waals surface area contributed by atoms with Crippen molar-refractivity contribution in [3.05, 3.63) is 28.2 Å². The third kappa shape index (κ3) is 4.01. The topological polar surface area (TPSA) is 47.6 Å². The van der Waals surface area contributed by atoms with Gasteiger partial charge in [-0.3, -0.25) is 4.79 Å². The average molecular weight is 318 g/mol. The fraction of sp³-hybridized carbons (Fsp3) is 0.500. The van der Waals surface area contributed by atoms with Gasteiger partial charge in [0.2, 0.25) is 0 Å². The second-order valence-corrected chi connectivity index (χ2v) is 5.53. The van der Waals surface area contributed by atoms with E-state index in [1.54, 1.807) is 18.2 Å². The maximum atomic E-state index is 11.8. The molecule has 1 N–H and O–H groups in total. The van der Waals surface area contributed by atoms with Crippen molar-refractivity contribution in [1.29, 1.82) is 0 Å². The van der Waals surface area contributed by atoms with E-state index in [0.29, 0.717) is 15.8 Å². The molecule has 1 aromatic rings. The van der Waals surface area contributed by atoms with Crippen LogP contribution in [0, 0.1) is 0 Å². The summed E-state index contributed by atoms with van der Waals surface area (Å²) in [5.74, 6) is 0.197. The summed E-state index contributed by atoms with van der Waals surface area (Å²) in [5, 5.41) is 3.58. The zero-order chi connectivity index (χ0) is 14.5. The molecular weight excluding hydrogens is 301 g/mol. The van der Waals surface area contributed by atoms with Crippen molar-refractivity contribution in [1.82, 2.24) is 5.32 Å². The van der Waals surface area contributed by atoms with Gasteiger partial charge in [0.15, 0.2) is 6.61 Å². The van der Waals surface area contributed by atoms with Gasteiger partial charge < -0.3 is 14.8 Å². The second-order valence-electron chi connectivity index (χ2n) is 4.75. The molecule has 110 valence electrons. The average Bonchev–Trinajstić information content (AvgIpc) is 2.94. The van der Waals surface area contributed by atoms with Crippen LogP contribution in [0.4, 0.5) is 0 Å². The van der Waals surface area contributed by atoms with E-state index in [0.717, 1.165) is 19.4 Å². The lowest BCUT2D eigenvalue weighted by molar-refractivity contribution is -0.124. The lowest BCUT2D eigenvalue weighted by atomic mass is 10.1. The van der Waals surface area contributed by atoms with Gasteiger partial charge in [0.05, 0.1) is 17.2 Å². The Morgan fingerprint density at radius 2 is 2.35 bits per heavy atom. The molecule has 1 aromatic carbocycles. The van der Waals surface area contributed by atoms with Gasteiger partial charge in [0, 0.05) is 6.61 Å². The third-order valence-corrected chi connectivity index (χ3v) is 3.99.